The van der Waals surface area contributed by atoms with Gasteiger partial charge in [-0.15, -0.1) is 0 Å². The van der Waals surface area contributed by atoms with Crippen molar-refractivity contribution >= 4 is 0 Å². The zero-order valence-electron chi connectivity index (χ0n) is 9.66. The summed E-state index contributed by atoms with van der Waals surface area (Å²) in [5.41, 5.74) is 0. The monoisotopic (exact) mass is 201 g/mol. The molecule has 1 fully saturated rings. The molecule has 3 nitrogen and oxygen atoms in total. The van der Waals surface area contributed by atoms with Crippen LogP contribution in [0.25, 0.3) is 0 Å². The highest BCUT2D eigenvalue weighted by molar-refractivity contribution is 4.77. The van der Waals surface area contributed by atoms with E-state index in [1.54, 1.807) is 7.11 Å². The Morgan fingerprint density at radius 3 is 2.50 bits per heavy atom. The predicted octanol–water partition coefficient (Wildman–Crippen LogP) is 1.38. The van der Waals surface area contributed by atoms with E-state index in [-0.39, 0.29) is 0 Å². The van der Waals surface area contributed by atoms with Gasteiger partial charge in [-0.2, -0.15) is 0 Å². The SMILES string of the molecule is COCCN(CCC(C)C)C1COC1. The molecule has 0 saturated carbocycles. The summed E-state index contributed by atoms with van der Waals surface area (Å²) in [4.78, 5) is 2.49. The normalized spacial score (nSPS) is 17.8. The summed E-state index contributed by atoms with van der Waals surface area (Å²) in [6, 6.07) is 0.642. The minimum atomic E-state index is 0.642. The summed E-state index contributed by atoms with van der Waals surface area (Å²) in [5, 5.41) is 0. The fourth-order valence-corrected chi connectivity index (χ4v) is 1.54. The van der Waals surface area contributed by atoms with Gasteiger partial charge in [-0.05, 0) is 18.9 Å². The average Bonchev–Trinajstić information content (AvgIpc) is 2.06. The van der Waals surface area contributed by atoms with Crippen molar-refractivity contribution in [1.29, 1.82) is 0 Å². The molecule has 1 aliphatic rings. The first kappa shape index (κ1) is 12.0. The molecule has 1 heterocycles. The summed E-state index contributed by atoms with van der Waals surface area (Å²) >= 11 is 0. The highest BCUT2D eigenvalue weighted by atomic mass is 16.5. The maximum absolute atomic E-state index is 5.22. The second-order valence-electron chi connectivity index (χ2n) is 4.40. The lowest BCUT2D eigenvalue weighted by atomic mass is 10.1. The fourth-order valence-electron chi connectivity index (χ4n) is 1.54. The van der Waals surface area contributed by atoms with Crippen LogP contribution in [-0.2, 0) is 9.47 Å². The van der Waals surface area contributed by atoms with E-state index in [0.717, 1.165) is 32.3 Å². The minimum Gasteiger partial charge on any atom is -0.383 e. The fraction of sp³-hybridized carbons (Fsp3) is 1.00. The molecule has 0 aliphatic carbocycles. The van der Waals surface area contributed by atoms with Crippen molar-refractivity contribution in [3.05, 3.63) is 0 Å². The van der Waals surface area contributed by atoms with Crippen LogP contribution in [-0.4, -0.2) is 51.0 Å². The van der Waals surface area contributed by atoms with E-state index in [2.05, 4.69) is 18.7 Å². The molecule has 3 heteroatoms. The Kier molecular flexibility index (Phi) is 5.45. The quantitative estimate of drug-likeness (QED) is 0.621. The van der Waals surface area contributed by atoms with Crippen molar-refractivity contribution in [2.24, 2.45) is 5.92 Å². The molecule has 0 radical (unpaired) electrons. The van der Waals surface area contributed by atoms with Crippen LogP contribution in [0.4, 0.5) is 0 Å². The molecule has 0 spiro atoms. The molecule has 0 bridgehead atoms. The number of hydrogen-bond acceptors (Lipinski definition) is 3. The third-order valence-corrected chi connectivity index (χ3v) is 2.71. The van der Waals surface area contributed by atoms with Crippen LogP contribution in [0, 0.1) is 5.92 Å². The Morgan fingerprint density at radius 2 is 2.07 bits per heavy atom. The maximum atomic E-state index is 5.22. The predicted molar refractivity (Wildman–Crippen MR) is 57.5 cm³/mol. The first-order chi connectivity index (χ1) is 6.74. The molecule has 1 aliphatic heterocycles. The van der Waals surface area contributed by atoms with Crippen LogP contribution in [0.2, 0.25) is 0 Å². The summed E-state index contributed by atoms with van der Waals surface area (Å²) in [6.07, 6.45) is 1.26. The topological polar surface area (TPSA) is 21.7 Å². The second-order valence-corrected chi connectivity index (χ2v) is 4.40. The third-order valence-electron chi connectivity index (χ3n) is 2.71. The Hall–Kier alpha value is -0.120. The Morgan fingerprint density at radius 1 is 1.36 bits per heavy atom. The Bertz CT molecular complexity index is 146. The van der Waals surface area contributed by atoms with E-state index >= 15 is 0 Å². The molecule has 84 valence electrons. The molecule has 0 aromatic heterocycles. The van der Waals surface area contributed by atoms with E-state index in [9.17, 15) is 0 Å². The second kappa shape index (κ2) is 6.38. The summed E-state index contributed by atoms with van der Waals surface area (Å²) < 4.78 is 10.3. The van der Waals surface area contributed by atoms with Crippen molar-refractivity contribution in [2.75, 3.05) is 40.0 Å². The van der Waals surface area contributed by atoms with Crippen LogP contribution in [0.15, 0.2) is 0 Å². The molecule has 0 amide bonds. The van der Waals surface area contributed by atoms with Crippen LogP contribution in [0.5, 0.6) is 0 Å². The van der Waals surface area contributed by atoms with Gasteiger partial charge in [0, 0.05) is 13.7 Å². The van der Waals surface area contributed by atoms with Gasteiger partial charge in [-0.25, -0.2) is 0 Å². The number of rotatable bonds is 7. The maximum Gasteiger partial charge on any atom is 0.0645 e. The van der Waals surface area contributed by atoms with E-state index in [4.69, 9.17) is 9.47 Å². The Labute approximate surface area is 87.4 Å². The summed E-state index contributed by atoms with van der Waals surface area (Å²) in [7, 11) is 1.76. The summed E-state index contributed by atoms with van der Waals surface area (Å²) in [5.74, 6) is 0.779. The molecule has 0 unspecified atom stereocenters. The first-order valence-corrected chi connectivity index (χ1v) is 5.54. The molecule has 1 saturated heterocycles. The molecule has 1 rings (SSSR count). The highest BCUT2D eigenvalue weighted by Crippen LogP contribution is 2.12. The van der Waals surface area contributed by atoms with Gasteiger partial charge in [0.2, 0.25) is 0 Å². The van der Waals surface area contributed by atoms with Gasteiger partial charge in [0.25, 0.3) is 0 Å². The van der Waals surface area contributed by atoms with E-state index < -0.39 is 0 Å². The molecule has 14 heavy (non-hydrogen) atoms. The number of ether oxygens (including phenoxy) is 2. The van der Waals surface area contributed by atoms with Gasteiger partial charge in [0.15, 0.2) is 0 Å². The van der Waals surface area contributed by atoms with E-state index in [1.807, 2.05) is 0 Å². The zero-order valence-corrected chi connectivity index (χ0v) is 9.66. The van der Waals surface area contributed by atoms with Crippen LogP contribution < -0.4 is 0 Å². The smallest absolute Gasteiger partial charge is 0.0645 e. The van der Waals surface area contributed by atoms with Crippen molar-refractivity contribution in [3.63, 3.8) is 0 Å². The minimum absolute atomic E-state index is 0.642. The van der Waals surface area contributed by atoms with Gasteiger partial charge in [0.05, 0.1) is 25.9 Å². The van der Waals surface area contributed by atoms with Crippen LogP contribution in [0.3, 0.4) is 0 Å². The average molecular weight is 201 g/mol. The van der Waals surface area contributed by atoms with Gasteiger partial charge < -0.3 is 9.47 Å². The highest BCUT2D eigenvalue weighted by Gasteiger charge is 2.25. The zero-order chi connectivity index (χ0) is 10.4. The molecule has 0 atom stereocenters. The van der Waals surface area contributed by atoms with Crippen molar-refractivity contribution in [1.82, 2.24) is 4.90 Å². The van der Waals surface area contributed by atoms with Crippen LogP contribution in [0.1, 0.15) is 20.3 Å². The van der Waals surface area contributed by atoms with Crippen molar-refractivity contribution in [3.8, 4) is 0 Å². The molecule has 0 N–H and O–H groups in total. The Balaban J connectivity index is 2.20. The van der Waals surface area contributed by atoms with Gasteiger partial charge in [0.1, 0.15) is 0 Å². The lowest BCUT2D eigenvalue weighted by Crippen LogP contribution is -2.50. The van der Waals surface area contributed by atoms with Gasteiger partial charge in [-0.1, -0.05) is 13.8 Å². The van der Waals surface area contributed by atoms with Crippen molar-refractivity contribution in [2.45, 2.75) is 26.3 Å². The van der Waals surface area contributed by atoms with Crippen LogP contribution >= 0.6 is 0 Å². The molecular weight excluding hydrogens is 178 g/mol. The molecule has 0 aromatic carbocycles. The summed E-state index contributed by atoms with van der Waals surface area (Å²) in [6.45, 7) is 9.39. The van der Waals surface area contributed by atoms with E-state index in [0.29, 0.717) is 6.04 Å². The standard InChI is InChI=1S/C11H23NO2/c1-10(2)4-5-12(6-7-13-3)11-8-14-9-11/h10-11H,4-9H2,1-3H3. The van der Waals surface area contributed by atoms with Gasteiger partial charge in [-0.3, -0.25) is 4.90 Å². The lowest BCUT2D eigenvalue weighted by molar-refractivity contribution is -0.0705. The number of hydrogen-bond donors (Lipinski definition) is 0. The van der Waals surface area contributed by atoms with Gasteiger partial charge >= 0.3 is 0 Å². The number of methoxy groups -OCH3 is 1. The molecular formula is C11H23NO2. The lowest BCUT2D eigenvalue weighted by Gasteiger charge is -2.37. The first-order valence-electron chi connectivity index (χ1n) is 5.54. The largest absolute Gasteiger partial charge is 0.383 e. The van der Waals surface area contributed by atoms with Crippen molar-refractivity contribution < 1.29 is 9.47 Å². The van der Waals surface area contributed by atoms with E-state index in [1.165, 1.54) is 13.0 Å². The molecule has 0 aromatic rings. The number of nitrogens with zero attached hydrogens (tertiary/aromatic N) is 1. The third kappa shape index (κ3) is 3.95.